The van der Waals surface area contributed by atoms with Gasteiger partial charge in [-0.05, 0) is 45.6 Å². The molecule has 1 aliphatic heterocycles. The Balaban J connectivity index is 1.60. The van der Waals surface area contributed by atoms with Crippen molar-refractivity contribution >= 4 is 39.2 Å². The molecule has 0 radical (unpaired) electrons. The number of carbonyl (C=O) groups excluding carboxylic acids is 1. The molecule has 2 atom stereocenters. The number of amides is 1. The van der Waals surface area contributed by atoms with Gasteiger partial charge in [0.15, 0.2) is 0 Å². The number of fused-ring (bicyclic) bond motifs is 1. The summed E-state index contributed by atoms with van der Waals surface area (Å²) in [5, 5.41) is 4.10. The first kappa shape index (κ1) is 19.4. The van der Waals surface area contributed by atoms with Crippen molar-refractivity contribution in [3.8, 4) is 11.1 Å². The van der Waals surface area contributed by atoms with Gasteiger partial charge in [0.25, 0.3) is 0 Å². The molecular weight excluding hydrogens is 386 g/mol. The van der Waals surface area contributed by atoms with Crippen LogP contribution in [0.1, 0.15) is 38.7 Å². The number of rotatable bonds is 4. The van der Waals surface area contributed by atoms with Gasteiger partial charge in [0, 0.05) is 23.0 Å². The van der Waals surface area contributed by atoms with Crippen LogP contribution in [0.25, 0.3) is 21.3 Å². The van der Waals surface area contributed by atoms with Crippen molar-refractivity contribution in [3.05, 3.63) is 41.5 Å². The molecule has 0 bridgehead atoms. The number of thioether (sulfide) groups is 1. The Morgan fingerprint density at radius 3 is 2.61 bits per heavy atom. The Hall–Kier alpha value is -1.92. The number of benzene rings is 1. The van der Waals surface area contributed by atoms with Crippen LogP contribution in [0.4, 0.5) is 0 Å². The lowest BCUT2D eigenvalue weighted by Gasteiger charge is -2.39. The van der Waals surface area contributed by atoms with Crippen molar-refractivity contribution in [2.45, 2.75) is 57.1 Å². The summed E-state index contributed by atoms with van der Waals surface area (Å²) in [6, 6.07) is 9.18. The molecule has 4 nitrogen and oxygen atoms in total. The minimum absolute atomic E-state index is 0.212. The van der Waals surface area contributed by atoms with Crippen LogP contribution in [0.5, 0.6) is 0 Å². The number of piperidine rings is 1. The van der Waals surface area contributed by atoms with E-state index in [1.54, 1.807) is 17.7 Å². The van der Waals surface area contributed by atoms with E-state index in [0.717, 1.165) is 39.2 Å². The largest absolute Gasteiger partial charge is 0.337 e. The van der Waals surface area contributed by atoms with Gasteiger partial charge in [0.2, 0.25) is 5.91 Å². The van der Waals surface area contributed by atoms with Crippen LogP contribution in [-0.2, 0) is 4.79 Å². The van der Waals surface area contributed by atoms with Crippen LogP contribution in [0.2, 0.25) is 0 Å². The highest BCUT2D eigenvalue weighted by atomic mass is 32.2. The fraction of sp³-hybridized carbons (Fsp3) is 0.409. The zero-order valence-corrected chi connectivity index (χ0v) is 18.1. The van der Waals surface area contributed by atoms with Gasteiger partial charge in [-0.15, -0.1) is 11.3 Å². The average molecular weight is 412 g/mol. The second-order valence-electron chi connectivity index (χ2n) is 7.59. The summed E-state index contributed by atoms with van der Waals surface area (Å²) in [6.45, 7) is 6.42. The minimum atomic E-state index is 0.212. The number of thiophene rings is 1. The van der Waals surface area contributed by atoms with E-state index in [0.29, 0.717) is 17.8 Å². The third-order valence-corrected chi connectivity index (χ3v) is 7.37. The summed E-state index contributed by atoms with van der Waals surface area (Å²) in [7, 11) is 0. The Labute approximate surface area is 174 Å². The topological polar surface area (TPSA) is 46.1 Å². The second kappa shape index (κ2) is 8.21. The molecule has 1 amide bonds. The van der Waals surface area contributed by atoms with Crippen LogP contribution in [0, 0.1) is 6.92 Å². The number of carbonyl (C=O) groups is 1. The maximum atomic E-state index is 12.9. The number of nitrogens with zero attached hydrogens (tertiary/aromatic N) is 3. The van der Waals surface area contributed by atoms with E-state index in [4.69, 9.17) is 0 Å². The van der Waals surface area contributed by atoms with E-state index < -0.39 is 0 Å². The Morgan fingerprint density at radius 1 is 1.18 bits per heavy atom. The van der Waals surface area contributed by atoms with Gasteiger partial charge in [-0.2, -0.15) is 0 Å². The Kier molecular flexibility index (Phi) is 5.69. The molecule has 1 fully saturated rings. The Morgan fingerprint density at radius 2 is 1.89 bits per heavy atom. The monoisotopic (exact) mass is 411 g/mol. The minimum Gasteiger partial charge on any atom is -0.337 e. The average Bonchev–Trinajstić information content (AvgIpc) is 3.11. The molecule has 2 aromatic heterocycles. The highest BCUT2D eigenvalue weighted by molar-refractivity contribution is 8.00. The Bertz CT molecular complexity index is 973. The molecule has 1 saturated heterocycles. The molecule has 3 heterocycles. The number of likely N-dealkylation sites (tertiary alicyclic amines) is 1. The standard InChI is InChI=1S/C22H25N3OS2/c1-14-7-9-17(10-8-14)18-11-27-21-20(18)22(24-13-23-21)28-12-19(26)25-15(2)5-4-6-16(25)3/h7-11,13,15-16H,4-6,12H2,1-3H3/t15-,16+. The first-order valence-corrected chi connectivity index (χ1v) is 11.6. The van der Waals surface area contributed by atoms with Gasteiger partial charge in [-0.3, -0.25) is 4.79 Å². The summed E-state index contributed by atoms with van der Waals surface area (Å²) >= 11 is 3.17. The molecule has 1 aliphatic rings. The molecule has 146 valence electrons. The van der Waals surface area contributed by atoms with E-state index in [1.165, 1.54) is 23.7 Å². The van der Waals surface area contributed by atoms with Gasteiger partial charge in [-0.1, -0.05) is 41.6 Å². The lowest BCUT2D eigenvalue weighted by molar-refractivity contribution is -0.134. The van der Waals surface area contributed by atoms with Crippen molar-refractivity contribution < 1.29 is 4.79 Å². The number of hydrogen-bond acceptors (Lipinski definition) is 5. The molecule has 0 unspecified atom stereocenters. The van der Waals surface area contributed by atoms with E-state index in [2.05, 4.69) is 65.3 Å². The van der Waals surface area contributed by atoms with Crippen LogP contribution in [-0.4, -0.2) is 38.6 Å². The van der Waals surface area contributed by atoms with Crippen molar-refractivity contribution in [2.24, 2.45) is 0 Å². The van der Waals surface area contributed by atoms with Gasteiger partial charge < -0.3 is 4.90 Å². The first-order chi connectivity index (χ1) is 13.5. The van der Waals surface area contributed by atoms with E-state index in [9.17, 15) is 4.79 Å². The molecule has 28 heavy (non-hydrogen) atoms. The highest BCUT2D eigenvalue weighted by Gasteiger charge is 2.29. The maximum Gasteiger partial charge on any atom is 0.233 e. The lowest BCUT2D eigenvalue weighted by atomic mass is 9.98. The number of aryl methyl sites for hydroxylation is 1. The van der Waals surface area contributed by atoms with Crippen molar-refractivity contribution in [3.63, 3.8) is 0 Å². The molecule has 0 N–H and O–H groups in total. The summed E-state index contributed by atoms with van der Waals surface area (Å²) in [5.74, 6) is 0.632. The van der Waals surface area contributed by atoms with Gasteiger partial charge in [0.05, 0.1) is 11.1 Å². The van der Waals surface area contributed by atoms with E-state index in [-0.39, 0.29) is 5.91 Å². The normalized spacial score (nSPS) is 19.9. The van der Waals surface area contributed by atoms with Crippen molar-refractivity contribution in [2.75, 3.05) is 5.75 Å². The first-order valence-electron chi connectivity index (χ1n) is 9.78. The summed E-state index contributed by atoms with van der Waals surface area (Å²) in [5.41, 5.74) is 3.55. The highest BCUT2D eigenvalue weighted by Crippen LogP contribution is 2.38. The van der Waals surface area contributed by atoms with E-state index in [1.807, 2.05) is 0 Å². The molecular formula is C22H25N3OS2. The number of hydrogen-bond donors (Lipinski definition) is 0. The molecule has 0 aliphatic carbocycles. The molecule has 3 aromatic rings. The molecule has 4 rings (SSSR count). The van der Waals surface area contributed by atoms with Crippen LogP contribution in [0.15, 0.2) is 41.0 Å². The van der Waals surface area contributed by atoms with E-state index >= 15 is 0 Å². The molecule has 0 spiro atoms. The fourth-order valence-electron chi connectivity index (χ4n) is 4.02. The third-order valence-electron chi connectivity index (χ3n) is 5.51. The van der Waals surface area contributed by atoms with Crippen LogP contribution in [0.3, 0.4) is 0 Å². The second-order valence-corrected chi connectivity index (χ2v) is 9.42. The fourth-order valence-corrected chi connectivity index (χ4v) is 5.88. The maximum absolute atomic E-state index is 12.9. The number of aromatic nitrogens is 2. The van der Waals surface area contributed by atoms with Gasteiger partial charge >= 0.3 is 0 Å². The summed E-state index contributed by atoms with van der Waals surface area (Å²) in [4.78, 5) is 24.9. The summed E-state index contributed by atoms with van der Waals surface area (Å²) < 4.78 is 0. The predicted octanol–water partition coefficient (Wildman–Crippen LogP) is 5.55. The lowest BCUT2D eigenvalue weighted by Crippen LogP contribution is -2.48. The third kappa shape index (κ3) is 3.80. The zero-order valence-electron chi connectivity index (χ0n) is 16.5. The smallest absolute Gasteiger partial charge is 0.233 e. The van der Waals surface area contributed by atoms with Gasteiger partial charge in [0.1, 0.15) is 16.2 Å². The quantitative estimate of drug-likeness (QED) is 0.417. The molecule has 0 saturated carbocycles. The van der Waals surface area contributed by atoms with Crippen LogP contribution < -0.4 is 0 Å². The predicted molar refractivity (Wildman–Crippen MR) is 118 cm³/mol. The molecule has 6 heteroatoms. The molecule has 1 aromatic carbocycles. The summed E-state index contributed by atoms with van der Waals surface area (Å²) in [6.07, 6.45) is 5.01. The van der Waals surface area contributed by atoms with Crippen molar-refractivity contribution in [1.82, 2.24) is 14.9 Å². The zero-order chi connectivity index (χ0) is 19.7. The van der Waals surface area contributed by atoms with Gasteiger partial charge in [-0.25, -0.2) is 9.97 Å². The van der Waals surface area contributed by atoms with Crippen molar-refractivity contribution in [1.29, 1.82) is 0 Å². The SMILES string of the molecule is Cc1ccc(-c2csc3ncnc(SCC(=O)N4[C@H](C)CCC[C@@H]4C)c23)cc1. The van der Waals surface area contributed by atoms with Crippen LogP contribution >= 0.6 is 23.1 Å².